The highest BCUT2D eigenvalue weighted by molar-refractivity contribution is 7.98. The number of amides is 1. The molecule has 1 aromatic heterocycles. The highest BCUT2D eigenvalue weighted by Crippen LogP contribution is 2.26. The molecule has 1 heterocycles. The van der Waals surface area contributed by atoms with Crippen molar-refractivity contribution in [2.45, 2.75) is 17.0 Å². The summed E-state index contributed by atoms with van der Waals surface area (Å²) in [5.74, 6) is -1.00. The van der Waals surface area contributed by atoms with E-state index in [9.17, 15) is 18.0 Å². The van der Waals surface area contributed by atoms with E-state index in [0.717, 1.165) is 0 Å². The number of para-hydroxylation sites is 1. The number of nitrogens with zero attached hydrogens (tertiary/aromatic N) is 1. The van der Waals surface area contributed by atoms with Crippen molar-refractivity contribution in [3.8, 4) is 0 Å². The van der Waals surface area contributed by atoms with E-state index in [-0.39, 0.29) is 21.4 Å². The molecule has 0 radical (unpaired) electrons. The average Bonchev–Trinajstić information content (AvgIpc) is 2.69. The lowest BCUT2D eigenvalue weighted by Gasteiger charge is -2.14. The Bertz CT molecular complexity index is 1260. The fourth-order valence-electron chi connectivity index (χ4n) is 2.62. The third-order valence-electron chi connectivity index (χ3n) is 4.14. The molecule has 11 heteroatoms. The minimum absolute atomic E-state index is 0.00462. The first kappa shape index (κ1) is 21.4. The standard InChI is InChI=1S/C19H19N5O4S2/c1-11-8-9-13(30(27,28)24-12-6-4-3-5-7-12)10-14(11)21-17-15(16(20)25)18(26)23-19(22-17)29-2/h3-10,24H,1-2H3,(H2,20,25)(H2,21,22,23,26). The summed E-state index contributed by atoms with van der Waals surface area (Å²) >= 11 is 1.18. The topological polar surface area (TPSA) is 147 Å². The molecule has 9 nitrogen and oxygen atoms in total. The van der Waals surface area contributed by atoms with Gasteiger partial charge in [0, 0.05) is 11.4 Å². The Balaban J connectivity index is 2.02. The molecule has 0 atom stereocenters. The molecule has 0 aliphatic rings. The molecule has 0 saturated carbocycles. The number of aromatic nitrogens is 2. The van der Waals surface area contributed by atoms with Crippen LogP contribution in [0.5, 0.6) is 0 Å². The first-order valence-corrected chi connectivity index (χ1v) is 11.4. The summed E-state index contributed by atoms with van der Waals surface area (Å²) in [5.41, 5.74) is 5.76. The normalized spacial score (nSPS) is 11.1. The lowest BCUT2D eigenvalue weighted by atomic mass is 10.2. The second-order valence-corrected chi connectivity index (χ2v) is 8.71. The van der Waals surface area contributed by atoms with Crippen LogP contribution in [-0.2, 0) is 10.0 Å². The Morgan fingerprint density at radius 2 is 1.87 bits per heavy atom. The molecule has 0 saturated heterocycles. The van der Waals surface area contributed by atoms with Crippen LogP contribution >= 0.6 is 11.8 Å². The Kier molecular flexibility index (Phi) is 6.13. The number of nitrogens with one attached hydrogen (secondary N) is 3. The van der Waals surface area contributed by atoms with Gasteiger partial charge in [0.2, 0.25) is 0 Å². The van der Waals surface area contributed by atoms with Gasteiger partial charge in [-0.2, -0.15) is 0 Å². The number of thioether (sulfide) groups is 1. The van der Waals surface area contributed by atoms with Gasteiger partial charge in [0.15, 0.2) is 11.0 Å². The van der Waals surface area contributed by atoms with E-state index >= 15 is 0 Å². The summed E-state index contributed by atoms with van der Waals surface area (Å²) in [6.45, 7) is 1.75. The molecule has 0 aliphatic heterocycles. The smallest absolute Gasteiger partial charge is 0.266 e. The predicted octanol–water partition coefficient (Wildman–Crippen LogP) is 2.44. The van der Waals surface area contributed by atoms with Crippen molar-refractivity contribution in [2.75, 3.05) is 16.3 Å². The number of anilines is 3. The Morgan fingerprint density at radius 3 is 2.50 bits per heavy atom. The Hall–Kier alpha value is -3.31. The van der Waals surface area contributed by atoms with Crippen LogP contribution in [0.2, 0.25) is 0 Å². The first-order valence-electron chi connectivity index (χ1n) is 8.65. The van der Waals surface area contributed by atoms with E-state index < -0.39 is 21.5 Å². The quantitative estimate of drug-likeness (QED) is 0.322. The van der Waals surface area contributed by atoms with Gasteiger partial charge in [-0.1, -0.05) is 36.0 Å². The maximum Gasteiger partial charge on any atom is 0.266 e. The van der Waals surface area contributed by atoms with Crippen LogP contribution in [0.3, 0.4) is 0 Å². The lowest BCUT2D eigenvalue weighted by molar-refractivity contribution is 0.0999. The van der Waals surface area contributed by atoms with Crippen molar-refractivity contribution in [1.29, 1.82) is 0 Å². The van der Waals surface area contributed by atoms with Crippen LogP contribution in [0.4, 0.5) is 17.2 Å². The van der Waals surface area contributed by atoms with Crippen molar-refractivity contribution in [3.05, 3.63) is 70.0 Å². The monoisotopic (exact) mass is 445 g/mol. The van der Waals surface area contributed by atoms with Gasteiger partial charge in [-0.25, -0.2) is 13.4 Å². The first-order chi connectivity index (χ1) is 14.2. The van der Waals surface area contributed by atoms with Crippen LogP contribution in [0.15, 0.2) is 63.4 Å². The van der Waals surface area contributed by atoms with E-state index in [1.165, 1.54) is 23.9 Å². The van der Waals surface area contributed by atoms with Gasteiger partial charge in [0.25, 0.3) is 21.5 Å². The molecule has 0 unspecified atom stereocenters. The van der Waals surface area contributed by atoms with Gasteiger partial charge in [0.05, 0.1) is 4.90 Å². The van der Waals surface area contributed by atoms with Gasteiger partial charge in [-0.3, -0.25) is 14.3 Å². The molecule has 5 N–H and O–H groups in total. The van der Waals surface area contributed by atoms with Crippen LogP contribution in [0.25, 0.3) is 0 Å². The number of aromatic amines is 1. The maximum absolute atomic E-state index is 12.8. The number of hydrogen-bond acceptors (Lipinski definition) is 7. The number of sulfonamides is 1. The van der Waals surface area contributed by atoms with E-state index in [0.29, 0.717) is 16.9 Å². The fourth-order valence-corrected chi connectivity index (χ4v) is 4.08. The minimum Gasteiger partial charge on any atom is -0.365 e. The van der Waals surface area contributed by atoms with Crippen molar-refractivity contribution in [3.63, 3.8) is 0 Å². The Morgan fingerprint density at radius 1 is 1.17 bits per heavy atom. The molecule has 0 spiro atoms. The third kappa shape index (κ3) is 4.63. The van der Waals surface area contributed by atoms with Crippen LogP contribution < -0.4 is 21.3 Å². The average molecular weight is 446 g/mol. The van der Waals surface area contributed by atoms with Crippen molar-refractivity contribution in [2.24, 2.45) is 5.73 Å². The van der Waals surface area contributed by atoms with Gasteiger partial charge < -0.3 is 16.0 Å². The zero-order chi connectivity index (χ0) is 21.9. The third-order valence-corrected chi connectivity index (χ3v) is 6.09. The van der Waals surface area contributed by atoms with Crippen molar-refractivity contribution in [1.82, 2.24) is 9.97 Å². The van der Waals surface area contributed by atoms with Crippen LogP contribution in [-0.4, -0.2) is 30.5 Å². The number of primary amides is 1. The summed E-state index contributed by atoms with van der Waals surface area (Å²) in [4.78, 5) is 30.6. The van der Waals surface area contributed by atoms with Crippen molar-refractivity contribution < 1.29 is 13.2 Å². The molecule has 0 aliphatic carbocycles. The lowest BCUT2D eigenvalue weighted by Crippen LogP contribution is -2.26. The molecule has 3 rings (SSSR count). The van der Waals surface area contributed by atoms with Crippen molar-refractivity contribution >= 4 is 44.9 Å². The summed E-state index contributed by atoms with van der Waals surface area (Å²) in [6.07, 6.45) is 1.71. The Labute approximate surface area is 177 Å². The van der Waals surface area contributed by atoms with Gasteiger partial charge >= 0.3 is 0 Å². The molecule has 3 aromatic rings. The molecule has 0 bridgehead atoms. The SMILES string of the molecule is CSc1nc(Nc2cc(S(=O)(=O)Nc3ccccc3)ccc2C)c(C(N)=O)c(=O)[nH]1. The number of benzene rings is 2. The molecule has 156 valence electrons. The number of H-pyrrole nitrogens is 1. The number of carbonyl (C=O) groups is 1. The molecule has 30 heavy (non-hydrogen) atoms. The number of carbonyl (C=O) groups excluding carboxylic acids is 1. The van der Waals surface area contributed by atoms with E-state index in [1.54, 1.807) is 49.6 Å². The summed E-state index contributed by atoms with van der Waals surface area (Å²) in [6, 6.07) is 12.9. The fraction of sp³-hybridized carbons (Fsp3) is 0.105. The molecular weight excluding hydrogens is 426 g/mol. The number of rotatable bonds is 7. The number of aryl methyl sites for hydroxylation is 1. The highest BCUT2D eigenvalue weighted by atomic mass is 32.2. The van der Waals surface area contributed by atoms with Crippen LogP contribution in [0.1, 0.15) is 15.9 Å². The maximum atomic E-state index is 12.8. The molecular formula is C19H19N5O4S2. The second-order valence-electron chi connectivity index (χ2n) is 6.24. The highest BCUT2D eigenvalue weighted by Gasteiger charge is 2.20. The van der Waals surface area contributed by atoms with Gasteiger partial charge in [0.1, 0.15) is 5.56 Å². The second kappa shape index (κ2) is 8.59. The number of nitrogens with two attached hydrogens (primary N) is 1. The van der Waals surface area contributed by atoms with Crippen LogP contribution in [0, 0.1) is 6.92 Å². The molecule has 1 amide bonds. The molecule has 0 fully saturated rings. The zero-order valence-electron chi connectivity index (χ0n) is 16.1. The summed E-state index contributed by atoms with van der Waals surface area (Å²) in [5, 5.41) is 3.15. The summed E-state index contributed by atoms with van der Waals surface area (Å²) in [7, 11) is -3.87. The summed E-state index contributed by atoms with van der Waals surface area (Å²) < 4.78 is 28.0. The van der Waals surface area contributed by atoms with E-state index in [2.05, 4.69) is 20.0 Å². The van der Waals surface area contributed by atoms with E-state index in [4.69, 9.17) is 5.73 Å². The van der Waals surface area contributed by atoms with Gasteiger partial charge in [-0.05, 0) is 43.0 Å². The predicted molar refractivity (Wildman–Crippen MR) is 117 cm³/mol. The molecule has 2 aromatic carbocycles. The minimum atomic E-state index is -3.87. The number of hydrogen-bond donors (Lipinski definition) is 4. The van der Waals surface area contributed by atoms with Gasteiger partial charge in [-0.15, -0.1) is 0 Å². The van der Waals surface area contributed by atoms with E-state index in [1.807, 2.05) is 0 Å². The largest absolute Gasteiger partial charge is 0.365 e. The zero-order valence-corrected chi connectivity index (χ0v) is 17.7.